The van der Waals surface area contributed by atoms with Gasteiger partial charge in [-0.15, -0.1) is 0 Å². The SMILES string of the molecule is CC1(c2ccccc2)CCc2cncnc2C1. The van der Waals surface area contributed by atoms with Gasteiger partial charge in [0.1, 0.15) is 6.33 Å². The maximum Gasteiger partial charge on any atom is 0.115 e. The Kier molecular flexibility index (Phi) is 2.43. The number of aryl methyl sites for hydroxylation is 1. The summed E-state index contributed by atoms with van der Waals surface area (Å²) in [6, 6.07) is 10.8. The van der Waals surface area contributed by atoms with Crippen molar-refractivity contribution in [3.05, 3.63) is 59.7 Å². The van der Waals surface area contributed by atoms with Gasteiger partial charge < -0.3 is 0 Å². The van der Waals surface area contributed by atoms with E-state index in [2.05, 4.69) is 47.2 Å². The lowest BCUT2D eigenvalue weighted by Gasteiger charge is -2.34. The van der Waals surface area contributed by atoms with E-state index in [4.69, 9.17) is 0 Å². The van der Waals surface area contributed by atoms with Crippen LogP contribution in [0.1, 0.15) is 30.2 Å². The normalized spacial score (nSPS) is 23.1. The Morgan fingerprint density at radius 1 is 1.18 bits per heavy atom. The summed E-state index contributed by atoms with van der Waals surface area (Å²) < 4.78 is 0. The van der Waals surface area contributed by atoms with Gasteiger partial charge >= 0.3 is 0 Å². The minimum atomic E-state index is 0.225. The van der Waals surface area contributed by atoms with E-state index in [0.717, 1.165) is 12.8 Å². The molecule has 2 heteroatoms. The molecule has 0 radical (unpaired) electrons. The van der Waals surface area contributed by atoms with Crippen molar-refractivity contribution in [1.82, 2.24) is 9.97 Å². The highest BCUT2D eigenvalue weighted by atomic mass is 14.8. The predicted molar refractivity (Wildman–Crippen MR) is 67.9 cm³/mol. The molecule has 0 N–H and O–H groups in total. The summed E-state index contributed by atoms with van der Waals surface area (Å²) in [7, 11) is 0. The Balaban J connectivity index is 1.98. The van der Waals surface area contributed by atoms with Gasteiger partial charge in [0.15, 0.2) is 0 Å². The highest BCUT2D eigenvalue weighted by Crippen LogP contribution is 2.36. The van der Waals surface area contributed by atoms with Gasteiger partial charge in [-0.05, 0) is 35.8 Å². The summed E-state index contributed by atoms with van der Waals surface area (Å²) in [5, 5.41) is 0. The molecule has 0 spiro atoms. The fourth-order valence-electron chi connectivity index (χ4n) is 2.71. The van der Waals surface area contributed by atoms with E-state index in [1.807, 2.05) is 6.20 Å². The van der Waals surface area contributed by atoms with Crippen LogP contribution in [-0.2, 0) is 18.3 Å². The standard InChI is InChI=1S/C15H16N2/c1-15(13-5-3-2-4-6-13)8-7-12-10-16-11-17-14(12)9-15/h2-6,10-11H,7-9H2,1H3. The Morgan fingerprint density at radius 2 is 2.00 bits per heavy atom. The molecular formula is C15H16N2. The molecule has 0 bridgehead atoms. The maximum absolute atomic E-state index is 4.43. The zero-order valence-electron chi connectivity index (χ0n) is 10.1. The van der Waals surface area contributed by atoms with E-state index in [9.17, 15) is 0 Å². The molecule has 2 aromatic rings. The first kappa shape index (κ1) is 10.5. The summed E-state index contributed by atoms with van der Waals surface area (Å²) in [4.78, 5) is 8.54. The monoisotopic (exact) mass is 224 g/mol. The zero-order valence-corrected chi connectivity index (χ0v) is 10.1. The average molecular weight is 224 g/mol. The van der Waals surface area contributed by atoms with Crippen LogP contribution in [0.2, 0.25) is 0 Å². The van der Waals surface area contributed by atoms with E-state index in [1.54, 1.807) is 6.33 Å². The lowest BCUT2D eigenvalue weighted by atomic mass is 9.70. The number of aromatic nitrogens is 2. The molecule has 0 saturated carbocycles. The molecule has 17 heavy (non-hydrogen) atoms. The fourth-order valence-corrected chi connectivity index (χ4v) is 2.71. The number of fused-ring (bicyclic) bond motifs is 1. The van der Waals surface area contributed by atoms with Crippen molar-refractivity contribution >= 4 is 0 Å². The number of rotatable bonds is 1. The number of nitrogens with zero attached hydrogens (tertiary/aromatic N) is 2. The molecule has 2 nitrogen and oxygen atoms in total. The largest absolute Gasteiger partial charge is 0.245 e. The summed E-state index contributed by atoms with van der Waals surface area (Å²) in [5.74, 6) is 0. The van der Waals surface area contributed by atoms with Crippen molar-refractivity contribution < 1.29 is 0 Å². The van der Waals surface area contributed by atoms with Crippen molar-refractivity contribution in [2.45, 2.75) is 31.6 Å². The van der Waals surface area contributed by atoms with Gasteiger partial charge in [-0.25, -0.2) is 9.97 Å². The first-order valence-corrected chi connectivity index (χ1v) is 6.11. The molecule has 0 saturated heterocycles. The van der Waals surface area contributed by atoms with Gasteiger partial charge in [0.25, 0.3) is 0 Å². The minimum absolute atomic E-state index is 0.225. The fraction of sp³-hybridized carbons (Fsp3) is 0.333. The first-order valence-electron chi connectivity index (χ1n) is 6.11. The van der Waals surface area contributed by atoms with Crippen molar-refractivity contribution in [2.75, 3.05) is 0 Å². The third-order valence-corrected chi connectivity index (χ3v) is 3.86. The molecule has 0 amide bonds. The number of hydrogen-bond donors (Lipinski definition) is 0. The summed E-state index contributed by atoms with van der Waals surface area (Å²) in [5.41, 5.74) is 4.19. The third-order valence-electron chi connectivity index (χ3n) is 3.86. The molecule has 1 aromatic heterocycles. The van der Waals surface area contributed by atoms with Crippen LogP contribution in [0.25, 0.3) is 0 Å². The maximum atomic E-state index is 4.43. The van der Waals surface area contributed by atoms with Gasteiger partial charge in [0, 0.05) is 11.9 Å². The summed E-state index contributed by atoms with van der Waals surface area (Å²) in [6.07, 6.45) is 6.91. The smallest absolute Gasteiger partial charge is 0.115 e. The van der Waals surface area contributed by atoms with Gasteiger partial charge in [-0.2, -0.15) is 0 Å². The third kappa shape index (κ3) is 1.84. The number of benzene rings is 1. The Morgan fingerprint density at radius 3 is 2.82 bits per heavy atom. The Hall–Kier alpha value is -1.70. The van der Waals surface area contributed by atoms with Crippen molar-refractivity contribution in [1.29, 1.82) is 0 Å². The highest BCUT2D eigenvalue weighted by Gasteiger charge is 2.32. The van der Waals surface area contributed by atoms with Crippen molar-refractivity contribution in [3.63, 3.8) is 0 Å². The minimum Gasteiger partial charge on any atom is -0.245 e. The van der Waals surface area contributed by atoms with Crippen LogP contribution in [0.5, 0.6) is 0 Å². The highest BCUT2D eigenvalue weighted by molar-refractivity contribution is 5.32. The van der Waals surface area contributed by atoms with Crippen LogP contribution in [0.3, 0.4) is 0 Å². The molecule has 0 aliphatic heterocycles. The van der Waals surface area contributed by atoms with E-state index >= 15 is 0 Å². The molecule has 0 fully saturated rings. The molecule has 1 unspecified atom stereocenters. The molecule has 1 aliphatic rings. The molecule has 1 heterocycles. The van der Waals surface area contributed by atoms with Crippen LogP contribution < -0.4 is 0 Å². The van der Waals surface area contributed by atoms with E-state index in [1.165, 1.54) is 23.2 Å². The van der Waals surface area contributed by atoms with Gasteiger partial charge in [0.05, 0.1) is 0 Å². The van der Waals surface area contributed by atoms with Crippen LogP contribution in [0.4, 0.5) is 0 Å². The quantitative estimate of drug-likeness (QED) is 0.744. The Bertz CT molecular complexity index is 521. The van der Waals surface area contributed by atoms with E-state index < -0.39 is 0 Å². The second kappa shape index (κ2) is 3.95. The van der Waals surface area contributed by atoms with Crippen LogP contribution >= 0.6 is 0 Å². The van der Waals surface area contributed by atoms with Crippen LogP contribution in [0, 0.1) is 0 Å². The van der Waals surface area contributed by atoms with Gasteiger partial charge in [0.2, 0.25) is 0 Å². The van der Waals surface area contributed by atoms with Gasteiger partial charge in [-0.3, -0.25) is 0 Å². The van der Waals surface area contributed by atoms with Crippen molar-refractivity contribution in [2.24, 2.45) is 0 Å². The van der Waals surface area contributed by atoms with E-state index in [0.29, 0.717) is 0 Å². The predicted octanol–water partition coefficient (Wildman–Crippen LogP) is 2.92. The molecule has 86 valence electrons. The topological polar surface area (TPSA) is 25.8 Å². The average Bonchev–Trinajstić information content (AvgIpc) is 2.40. The first-order chi connectivity index (χ1) is 8.28. The lowest BCUT2D eigenvalue weighted by Crippen LogP contribution is -2.30. The van der Waals surface area contributed by atoms with Crippen LogP contribution in [0.15, 0.2) is 42.9 Å². The second-order valence-corrected chi connectivity index (χ2v) is 5.10. The van der Waals surface area contributed by atoms with Gasteiger partial charge in [-0.1, -0.05) is 37.3 Å². The van der Waals surface area contributed by atoms with Crippen LogP contribution in [-0.4, -0.2) is 9.97 Å². The Labute approximate surface area is 102 Å². The molecular weight excluding hydrogens is 208 g/mol. The summed E-state index contributed by atoms with van der Waals surface area (Å²) in [6.45, 7) is 2.34. The molecule has 1 aliphatic carbocycles. The second-order valence-electron chi connectivity index (χ2n) is 5.10. The zero-order chi connectivity index (χ0) is 11.7. The summed E-state index contributed by atoms with van der Waals surface area (Å²) >= 11 is 0. The van der Waals surface area contributed by atoms with Crippen molar-refractivity contribution in [3.8, 4) is 0 Å². The van der Waals surface area contributed by atoms with E-state index in [-0.39, 0.29) is 5.41 Å². The molecule has 3 rings (SSSR count). The molecule has 1 aromatic carbocycles. The lowest BCUT2D eigenvalue weighted by molar-refractivity contribution is 0.401. The number of hydrogen-bond acceptors (Lipinski definition) is 2. The molecule has 1 atom stereocenters.